The van der Waals surface area contributed by atoms with Gasteiger partial charge in [-0.3, -0.25) is 9.59 Å². The molecule has 112 valence electrons. The number of amides is 1. The number of carboxylic acid groups (broad SMARTS) is 1. The third-order valence-corrected chi connectivity index (χ3v) is 7.07. The Balaban J connectivity index is 1.58. The number of carbonyl (C=O) groups is 2. The maximum atomic E-state index is 12.1. The van der Waals surface area contributed by atoms with Gasteiger partial charge >= 0.3 is 5.97 Å². The lowest BCUT2D eigenvalue weighted by atomic mass is 10.1. The minimum atomic E-state index is -0.812. The second-order valence-corrected chi connectivity index (χ2v) is 8.19. The van der Waals surface area contributed by atoms with Crippen molar-refractivity contribution in [2.45, 2.75) is 17.4 Å². The molecular formula is C15H17NO3S2. The Morgan fingerprint density at radius 3 is 2.33 bits per heavy atom. The van der Waals surface area contributed by atoms with Crippen LogP contribution in [-0.2, 0) is 4.79 Å². The van der Waals surface area contributed by atoms with Gasteiger partial charge in [-0.2, -0.15) is 0 Å². The molecule has 1 aliphatic heterocycles. The predicted octanol–water partition coefficient (Wildman–Crippen LogP) is 2.76. The Morgan fingerprint density at radius 2 is 1.81 bits per heavy atom. The summed E-state index contributed by atoms with van der Waals surface area (Å²) in [6.45, 7) is 0.219. The van der Waals surface area contributed by atoms with Crippen molar-refractivity contribution in [3.05, 3.63) is 35.4 Å². The highest BCUT2D eigenvalue weighted by molar-refractivity contribution is 8.19. The van der Waals surface area contributed by atoms with Gasteiger partial charge in [0.1, 0.15) is 0 Å². The van der Waals surface area contributed by atoms with Gasteiger partial charge in [0.25, 0.3) is 5.91 Å². The van der Waals surface area contributed by atoms with E-state index < -0.39 is 11.4 Å². The van der Waals surface area contributed by atoms with Crippen molar-refractivity contribution in [3.8, 4) is 0 Å². The van der Waals surface area contributed by atoms with Crippen molar-refractivity contribution in [3.63, 3.8) is 0 Å². The van der Waals surface area contributed by atoms with E-state index in [2.05, 4.69) is 5.32 Å². The van der Waals surface area contributed by atoms with E-state index in [1.54, 1.807) is 0 Å². The smallest absolute Gasteiger partial charge is 0.311 e. The minimum absolute atomic E-state index is 0.194. The summed E-state index contributed by atoms with van der Waals surface area (Å²) in [5.41, 5.74) is 1.11. The summed E-state index contributed by atoms with van der Waals surface area (Å²) in [6, 6.07) is 7.64. The monoisotopic (exact) mass is 323 g/mol. The van der Waals surface area contributed by atoms with E-state index in [0.29, 0.717) is 23.0 Å². The Bertz CT molecular complexity index is 549. The van der Waals surface area contributed by atoms with Crippen molar-refractivity contribution in [2.24, 2.45) is 5.41 Å². The van der Waals surface area contributed by atoms with E-state index in [0.717, 1.165) is 0 Å². The molecule has 0 unspecified atom stereocenters. The maximum Gasteiger partial charge on any atom is 0.311 e. The van der Waals surface area contributed by atoms with Gasteiger partial charge in [-0.25, -0.2) is 0 Å². The largest absolute Gasteiger partial charge is 0.481 e. The molecule has 2 N–H and O–H groups in total. The molecule has 0 spiro atoms. The molecule has 4 nitrogen and oxygen atoms in total. The molecule has 3 rings (SSSR count). The van der Waals surface area contributed by atoms with Gasteiger partial charge in [-0.05, 0) is 30.5 Å². The van der Waals surface area contributed by atoms with Crippen molar-refractivity contribution in [1.29, 1.82) is 0 Å². The van der Waals surface area contributed by atoms with Gasteiger partial charge < -0.3 is 10.4 Å². The first-order valence-electron chi connectivity index (χ1n) is 6.95. The Labute approximate surface area is 132 Å². The van der Waals surface area contributed by atoms with Crippen molar-refractivity contribution in [1.82, 2.24) is 5.32 Å². The summed E-state index contributed by atoms with van der Waals surface area (Å²) in [6.07, 6.45) is 1.30. The standard InChI is InChI=1S/C15H17NO3S2/c17-12(16-9-15(5-6-15)14(18)19)10-1-3-11(4-2-10)13-20-7-8-21-13/h1-4,13H,5-9H2,(H,16,17)(H,18,19). The molecule has 1 heterocycles. The van der Waals surface area contributed by atoms with Crippen LogP contribution >= 0.6 is 23.5 Å². The summed E-state index contributed by atoms with van der Waals surface area (Å²) in [5, 5.41) is 11.8. The van der Waals surface area contributed by atoms with Crippen LogP contribution in [0.1, 0.15) is 33.3 Å². The van der Waals surface area contributed by atoms with Crippen LogP contribution in [0.25, 0.3) is 0 Å². The first kappa shape index (κ1) is 14.8. The van der Waals surface area contributed by atoms with Crippen LogP contribution in [0.15, 0.2) is 24.3 Å². The molecule has 2 fully saturated rings. The highest BCUT2D eigenvalue weighted by Gasteiger charge is 2.50. The van der Waals surface area contributed by atoms with Crippen LogP contribution in [0.3, 0.4) is 0 Å². The van der Waals surface area contributed by atoms with Crippen LogP contribution in [0.2, 0.25) is 0 Å². The maximum absolute atomic E-state index is 12.1. The zero-order chi connectivity index (χ0) is 14.9. The lowest BCUT2D eigenvalue weighted by molar-refractivity contribution is -0.143. The molecule has 1 aromatic rings. The topological polar surface area (TPSA) is 66.4 Å². The molecule has 0 atom stereocenters. The van der Waals surface area contributed by atoms with Gasteiger partial charge in [0.05, 0.1) is 10.00 Å². The fraction of sp³-hybridized carbons (Fsp3) is 0.467. The lowest BCUT2D eigenvalue weighted by Gasteiger charge is -2.12. The number of carboxylic acids is 1. The number of benzene rings is 1. The highest BCUT2D eigenvalue weighted by Crippen LogP contribution is 2.46. The summed E-state index contributed by atoms with van der Waals surface area (Å²) < 4.78 is 0.476. The SMILES string of the molecule is O=C(NCC1(C(=O)O)CC1)c1ccc(C2SCCS2)cc1. The van der Waals surface area contributed by atoms with E-state index in [9.17, 15) is 9.59 Å². The summed E-state index contributed by atoms with van der Waals surface area (Å²) >= 11 is 3.86. The van der Waals surface area contributed by atoms with Gasteiger partial charge in [-0.1, -0.05) is 12.1 Å². The van der Waals surface area contributed by atoms with E-state index in [-0.39, 0.29) is 12.5 Å². The first-order chi connectivity index (χ1) is 10.1. The van der Waals surface area contributed by atoms with Gasteiger partial charge in [0, 0.05) is 23.6 Å². The number of thioether (sulfide) groups is 2. The van der Waals surface area contributed by atoms with E-state index in [4.69, 9.17) is 5.11 Å². The van der Waals surface area contributed by atoms with Crippen LogP contribution in [0.5, 0.6) is 0 Å². The Kier molecular flexibility index (Phi) is 4.17. The molecule has 21 heavy (non-hydrogen) atoms. The molecule has 1 aromatic carbocycles. The second-order valence-electron chi connectivity index (χ2n) is 5.46. The van der Waals surface area contributed by atoms with E-state index in [1.807, 2.05) is 47.8 Å². The zero-order valence-corrected chi connectivity index (χ0v) is 13.1. The lowest BCUT2D eigenvalue weighted by Crippen LogP contribution is -2.34. The van der Waals surface area contributed by atoms with Crippen molar-refractivity contribution >= 4 is 35.4 Å². The van der Waals surface area contributed by atoms with Gasteiger partial charge in [0.2, 0.25) is 0 Å². The third kappa shape index (κ3) is 3.21. The molecule has 0 aromatic heterocycles. The van der Waals surface area contributed by atoms with E-state index >= 15 is 0 Å². The number of carbonyl (C=O) groups excluding carboxylic acids is 1. The normalized spacial score (nSPS) is 20.2. The minimum Gasteiger partial charge on any atom is -0.481 e. The summed E-state index contributed by atoms with van der Waals surface area (Å²) in [5.74, 6) is 1.35. The van der Waals surface area contributed by atoms with E-state index in [1.165, 1.54) is 17.1 Å². The molecule has 1 saturated heterocycles. The van der Waals surface area contributed by atoms with Gasteiger partial charge in [0.15, 0.2) is 0 Å². The second kappa shape index (κ2) is 5.93. The van der Waals surface area contributed by atoms with Crippen molar-refractivity contribution < 1.29 is 14.7 Å². The molecule has 1 amide bonds. The molecule has 1 aliphatic carbocycles. The molecule has 1 saturated carbocycles. The Hall–Kier alpha value is -1.14. The number of nitrogens with one attached hydrogen (secondary N) is 1. The van der Waals surface area contributed by atoms with Crippen LogP contribution in [0, 0.1) is 5.41 Å². The quantitative estimate of drug-likeness (QED) is 0.872. The Morgan fingerprint density at radius 1 is 1.19 bits per heavy atom. The number of aliphatic carboxylic acids is 1. The van der Waals surface area contributed by atoms with Crippen molar-refractivity contribution in [2.75, 3.05) is 18.1 Å². The summed E-state index contributed by atoms with van der Waals surface area (Å²) in [4.78, 5) is 23.1. The van der Waals surface area contributed by atoms with Crippen LogP contribution in [0.4, 0.5) is 0 Å². The average Bonchev–Trinajstić information content (AvgIpc) is 3.10. The van der Waals surface area contributed by atoms with Crippen LogP contribution < -0.4 is 5.32 Å². The molecule has 6 heteroatoms. The predicted molar refractivity (Wildman–Crippen MR) is 85.7 cm³/mol. The third-order valence-electron chi connectivity index (χ3n) is 3.96. The molecule has 0 radical (unpaired) electrons. The molecular weight excluding hydrogens is 306 g/mol. The highest BCUT2D eigenvalue weighted by atomic mass is 32.2. The fourth-order valence-corrected chi connectivity index (χ4v) is 5.17. The molecule has 0 bridgehead atoms. The first-order valence-corrected chi connectivity index (χ1v) is 9.05. The number of hydrogen-bond acceptors (Lipinski definition) is 4. The van der Waals surface area contributed by atoms with Gasteiger partial charge in [-0.15, -0.1) is 23.5 Å². The average molecular weight is 323 g/mol. The number of hydrogen-bond donors (Lipinski definition) is 2. The zero-order valence-electron chi connectivity index (χ0n) is 11.5. The molecule has 2 aliphatic rings. The summed E-state index contributed by atoms with van der Waals surface area (Å²) in [7, 11) is 0. The van der Waals surface area contributed by atoms with Crippen LogP contribution in [-0.4, -0.2) is 35.0 Å². The number of rotatable bonds is 5. The fourth-order valence-electron chi connectivity index (χ4n) is 2.31.